The summed E-state index contributed by atoms with van der Waals surface area (Å²) in [6.45, 7) is 4.28. The van der Waals surface area contributed by atoms with Gasteiger partial charge in [-0.05, 0) is 18.1 Å². The number of rotatable bonds is 6. The first-order chi connectivity index (χ1) is 8.50. The summed E-state index contributed by atoms with van der Waals surface area (Å²) >= 11 is 2.41. The third-order valence-electron chi connectivity index (χ3n) is 3.25. The van der Waals surface area contributed by atoms with Gasteiger partial charge in [0.25, 0.3) is 0 Å². The Morgan fingerprint density at radius 3 is 1.94 bits per heavy atom. The average Bonchev–Trinajstić information content (AvgIpc) is 2.41. The summed E-state index contributed by atoms with van der Waals surface area (Å²) in [6.07, 6.45) is 0. The lowest BCUT2D eigenvalue weighted by Crippen LogP contribution is -2.48. The maximum Gasteiger partial charge on any atom is 0.507 e. The molecule has 0 aliphatic heterocycles. The lowest BCUT2D eigenvalue weighted by molar-refractivity contribution is 0.114. The molecule has 0 spiro atoms. The number of halogens is 1. The van der Waals surface area contributed by atoms with Crippen LogP contribution in [0.1, 0.15) is 34.4 Å². The quantitative estimate of drug-likeness (QED) is 0.428. The zero-order chi connectivity index (χ0) is 13.8. The normalized spacial score (nSPS) is 15.4. The fraction of sp³-hybridized carbons (Fsp3) is 0.538. The fourth-order valence-corrected chi connectivity index (χ4v) is 4.60. The van der Waals surface area contributed by atoms with Crippen molar-refractivity contribution < 1.29 is 13.3 Å². The Labute approximate surface area is 124 Å². The Balaban J connectivity index is 3.08. The van der Waals surface area contributed by atoms with Gasteiger partial charge in [0.15, 0.2) is 0 Å². The second-order valence-electron chi connectivity index (χ2n) is 4.22. The molecule has 1 rings (SSSR count). The standard InChI is InChI=1S/C13H21IO3Si/c1-10(14)12-7-6-8-13(9-12)11(2)18(15-3,16-4)17-5/h6-11H,1-5H3. The largest absolute Gasteiger partial charge is 0.507 e. The van der Waals surface area contributed by atoms with Crippen molar-refractivity contribution in [1.82, 2.24) is 0 Å². The maximum atomic E-state index is 5.55. The van der Waals surface area contributed by atoms with E-state index < -0.39 is 8.80 Å². The molecule has 0 N–H and O–H groups in total. The van der Waals surface area contributed by atoms with E-state index in [0.717, 1.165) is 0 Å². The lowest BCUT2D eigenvalue weighted by Gasteiger charge is -2.30. The van der Waals surface area contributed by atoms with E-state index in [1.807, 2.05) is 0 Å². The highest BCUT2D eigenvalue weighted by Gasteiger charge is 2.45. The topological polar surface area (TPSA) is 27.7 Å². The van der Waals surface area contributed by atoms with Crippen LogP contribution in [0.25, 0.3) is 0 Å². The number of benzene rings is 1. The minimum absolute atomic E-state index is 0.118. The second kappa shape index (κ2) is 7.00. The summed E-state index contributed by atoms with van der Waals surface area (Å²) in [4.78, 5) is 0. The molecule has 2 atom stereocenters. The van der Waals surface area contributed by atoms with Gasteiger partial charge in [0.05, 0.1) is 5.54 Å². The van der Waals surface area contributed by atoms with Crippen molar-refractivity contribution in [3.05, 3.63) is 35.4 Å². The van der Waals surface area contributed by atoms with E-state index in [-0.39, 0.29) is 5.54 Å². The Morgan fingerprint density at radius 1 is 1.00 bits per heavy atom. The molecular weight excluding hydrogens is 359 g/mol. The smallest absolute Gasteiger partial charge is 0.376 e. The SMILES string of the molecule is CO[Si](OC)(OC)C(C)c1cccc(C(C)I)c1. The summed E-state index contributed by atoms with van der Waals surface area (Å²) in [5.74, 6) is 0. The molecule has 1 aromatic carbocycles. The van der Waals surface area contributed by atoms with Crippen LogP contribution in [0.2, 0.25) is 0 Å². The van der Waals surface area contributed by atoms with E-state index in [1.54, 1.807) is 21.3 Å². The summed E-state index contributed by atoms with van der Waals surface area (Å²) in [5.41, 5.74) is 2.63. The molecule has 0 amide bonds. The molecule has 0 fully saturated rings. The van der Waals surface area contributed by atoms with Gasteiger partial charge in [-0.2, -0.15) is 0 Å². The molecule has 0 saturated carbocycles. The van der Waals surface area contributed by atoms with Gasteiger partial charge >= 0.3 is 8.80 Å². The molecule has 0 aromatic heterocycles. The Morgan fingerprint density at radius 2 is 1.50 bits per heavy atom. The molecule has 18 heavy (non-hydrogen) atoms. The minimum Gasteiger partial charge on any atom is -0.376 e. The zero-order valence-electron chi connectivity index (χ0n) is 11.6. The van der Waals surface area contributed by atoms with Crippen LogP contribution in [0.5, 0.6) is 0 Å². The first-order valence-electron chi connectivity index (χ1n) is 5.90. The van der Waals surface area contributed by atoms with Gasteiger partial charge in [-0.1, -0.05) is 53.8 Å². The van der Waals surface area contributed by atoms with Crippen molar-refractivity contribution in [2.24, 2.45) is 0 Å². The molecule has 2 unspecified atom stereocenters. The van der Waals surface area contributed by atoms with Crippen molar-refractivity contribution in [1.29, 1.82) is 0 Å². The third-order valence-corrected chi connectivity index (χ3v) is 7.07. The molecule has 102 valence electrons. The van der Waals surface area contributed by atoms with E-state index in [9.17, 15) is 0 Å². The Hall–Kier alpha value is 0.0469. The maximum absolute atomic E-state index is 5.55. The number of alkyl halides is 1. The average molecular weight is 380 g/mol. The number of hydrogen-bond acceptors (Lipinski definition) is 3. The second-order valence-corrected chi connectivity index (χ2v) is 9.39. The highest BCUT2D eigenvalue weighted by Crippen LogP contribution is 2.31. The molecule has 0 aliphatic carbocycles. The van der Waals surface area contributed by atoms with Gasteiger partial charge in [-0.15, -0.1) is 0 Å². The third kappa shape index (κ3) is 3.33. The molecular formula is C13H21IO3Si. The van der Waals surface area contributed by atoms with Crippen LogP contribution in [0.15, 0.2) is 24.3 Å². The van der Waals surface area contributed by atoms with Crippen LogP contribution in [-0.2, 0) is 13.3 Å². The van der Waals surface area contributed by atoms with Crippen molar-refractivity contribution >= 4 is 31.4 Å². The van der Waals surface area contributed by atoms with Crippen LogP contribution in [0, 0.1) is 0 Å². The van der Waals surface area contributed by atoms with Gasteiger partial charge < -0.3 is 13.3 Å². The molecule has 0 aliphatic rings. The summed E-state index contributed by atoms with van der Waals surface area (Å²) in [5, 5.41) is 0. The van der Waals surface area contributed by atoms with E-state index in [0.29, 0.717) is 3.92 Å². The van der Waals surface area contributed by atoms with Crippen molar-refractivity contribution in [2.75, 3.05) is 21.3 Å². The minimum atomic E-state index is -2.62. The predicted molar refractivity (Wildman–Crippen MR) is 84.1 cm³/mol. The van der Waals surface area contributed by atoms with E-state index in [2.05, 4.69) is 60.7 Å². The van der Waals surface area contributed by atoms with Gasteiger partial charge in [-0.25, -0.2) is 0 Å². The van der Waals surface area contributed by atoms with Gasteiger partial charge in [0, 0.05) is 25.3 Å². The first-order valence-corrected chi connectivity index (χ1v) is 8.95. The molecule has 3 nitrogen and oxygen atoms in total. The first kappa shape index (κ1) is 16.1. The van der Waals surface area contributed by atoms with Crippen LogP contribution >= 0.6 is 22.6 Å². The van der Waals surface area contributed by atoms with Crippen LogP contribution in [0.3, 0.4) is 0 Å². The molecule has 0 bridgehead atoms. The predicted octanol–water partition coefficient (Wildman–Crippen LogP) is 3.70. The van der Waals surface area contributed by atoms with Gasteiger partial charge in [0.2, 0.25) is 0 Å². The highest BCUT2D eigenvalue weighted by molar-refractivity contribution is 14.1. The Kier molecular flexibility index (Phi) is 6.26. The molecule has 0 heterocycles. The van der Waals surface area contributed by atoms with E-state index >= 15 is 0 Å². The summed E-state index contributed by atoms with van der Waals surface area (Å²) in [7, 11) is 2.34. The van der Waals surface area contributed by atoms with Gasteiger partial charge in [-0.3, -0.25) is 0 Å². The van der Waals surface area contributed by atoms with Crippen molar-refractivity contribution in [3.8, 4) is 0 Å². The van der Waals surface area contributed by atoms with Crippen molar-refractivity contribution in [2.45, 2.75) is 23.3 Å². The highest BCUT2D eigenvalue weighted by atomic mass is 127. The van der Waals surface area contributed by atoms with Crippen LogP contribution < -0.4 is 0 Å². The lowest BCUT2D eigenvalue weighted by atomic mass is 10.1. The summed E-state index contributed by atoms with van der Waals surface area (Å²) < 4.78 is 17.1. The van der Waals surface area contributed by atoms with E-state index in [1.165, 1.54) is 11.1 Å². The van der Waals surface area contributed by atoms with Gasteiger partial charge in [0.1, 0.15) is 0 Å². The zero-order valence-corrected chi connectivity index (χ0v) is 14.7. The number of hydrogen-bond donors (Lipinski definition) is 0. The van der Waals surface area contributed by atoms with Crippen molar-refractivity contribution in [3.63, 3.8) is 0 Å². The Bertz CT molecular complexity index is 372. The van der Waals surface area contributed by atoms with Crippen LogP contribution in [0.4, 0.5) is 0 Å². The monoisotopic (exact) mass is 380 g/mol. The molecule has 0 radical (unpaired) electrons. The molecule has 1 aromatic rings. The fourth-order valence-electron chi connectivity index (χ4n) is 2.06. The summed E-state index contributed by atoms with van der Waals surface area (Å²) in [6, 6.07) is 8.53. The molecule has 0 saturated heterocycles. The van der Waals surface area contributed by atoms with Crippen LogP contribution in [-0.4, -0.2) is 30.1 Å². The van der Waals surface area contributed by atoms with E-state index in [4.69, 9.17) is 13.3 Å². The molecule has 5 heteroatoms.